The van der Waals surface area contributed by atoms with E-state index in [1.807, 2.05) is 61.2 Å². The smallest absolute Gasteiger partial charge is 0.345 e. The number of carbonyl (C=O) groups is 2. The first kappa shape index (κ1) is 26.4. The van der Waals surface area contributed by atoms with E-state index in [1.54, 1.807) is 25.2 Å². The lowest BCUT2D eigenvalue weighted by Crippen LogP contribution is -2.46. The van der Waals surface area contributed by atoms with Crippen LogP contribution in [0.2, 0.25) is 0 Å². The van der Waals surface area contributed by atoms with Gasteiger partial charge in [0.2, 0.25) is 0 Å². The Kier molecular flexibility index (Phi) is 7.59. The van der Waals surface area contributed by atoms with Crippen LogP contribution in [-0.2, 0) is 6.42 Å². The van der Waals surface area contributed by atoms with Crippen LogP contribution in [0.3, 0.4) is 0 Å². The van der Waals surface area contributed by atoms with E-state index in [0.717, 1.165) is 60.0 Å². The highest BCUT2D eigenvalue weighted by Crippen LogP contribution is 2.31. The molecule has 2 heterocycles. The van der Waals surface area contributed by atoms with Crippen molar-refractivity contribution in [3.05, 3.63) is 95.2 Å². The van der Waals surface area contributed by atoms with Crippen molar-refractivity contribution in [1.29, 1.82) is 0 Å². The SMILES string of the molecule is Cc1cc(C(=O)N(C)C)cc(C)c1-c1ccc(-c2cn(C(=O)N3CCCCC3Cc3ccccc3)nn2)cc1. The molecule has 1 atom stereocenters. The van der Waals surface area contributed by atoms with Crippen LogP contribution >= 0.6 is 0 Å². The lowest BCUT2D eigenvalue weighted by molar-refractivity contribution is 0.0827. The van der Waals surface area contributed by atoms with Crippen molar-refractivity contribution in [3.8, 4) is 22.4 Å². The number of likely N-dealkylation sites (tertiary alicyclic amines) is 1. The molecule has 0 N–H and O–H groups in total. The molecule has 5 rings (SSSR count). The fraction of sp³-hybridized carbons (Fsp3) is 0.312. The van der Waals surface area contributed by atoms with Crippen LogP contribution in [-0.4, -0.2) is 63.4 Å². The number of hydrogen-bond acceptors (Lipinski definition) is 4. The van der Waals surface area contributed by atoms with Crippen LogP contribution in [0.25, 0.3) is 22.4 Å². The molecule has 1 aliphatic heterocycles. The summed E-state index contributed by atoms with van der Waals surface area (Å²) >= 11 is 0. The van der Waals surface area contributed by atoms with Gasteiger partial charge in [0.15, 0.2) is 0 Å². The van der Waals surface area contributed by atoms with Crippen LogP contribution in [0.15, 0.2) is 72.9 Å². The second kappa shape index (κ2) is 11.2. The molecule has 0 spiro atoms. The fourth-order valence-electron chi connectivity index (χ4n) is 5.58. The van der Waals surface area contributed by atoms with E-state index >= 15 is 0 Å². The molecule has 4 aromatic rings. The summed E-state index contributed by atoms with van der Waals surface area (Å²) in [6.07, 6.45) is 5.70. The summed E-state index contributed by atoms with van der Waals surface area (Å²) in [6, 6.07) is 22.4. The maximum Gasteiger partial charge on any atom is 0.346 e. The number of piperidine rings is 1. The van der Waals surface area contributed by atoms with Gasteiger partial charge >= 0.3 is 6.03 Å². The molecule has 1 saturated heterocycles. The number of nitrogens with zero attached hydrogens (tertiary/aromatic N) is 5. The molecule has 1 aromatic heterocycles. The molecule has 2 amide bonds. The van der Waals surface area contributed by atoms with Crippen molar-refractivity contribution in [2.75, 3.05) is 20.6 Å². The van der Waals surface area contributed by atoms with Crippen LogP contribution in [0.4, 0.5) is 4.79 Å². The standard InChI is InChI=1S/C32H35N5O2/c1-22-18-27(31(38)35(3)4)19-23(2)30(22)26-15-13-25(14-16-26)29-21-37(34-33-29)32(39)36-17-9-8-12-28(36)20-24-10-6-5-7-11-24/h5-7,10-11,13-16,18-19,21,28H,8-9,12,17,20H2,1-4H3. The molecule has 39 heavy (non-hydrogen) atoms. The first-order chi connectivity index (χ1) is 18.8. The number of amides is 2. The average Bonchev–Trinajstić information content (AvgIpc) is 3.43. The van der Waals surface area contributed by atoms with Crippen LogP contribution in [0.5, 0.6) is 0 Å². The van der Waals surface area contributed by atoms with Gasteiger partial charge in [-0.05, 0) is 79.5 Å². The zero-order valence-electron chi connectivity index (χ0n) is 23.1. The molecule has 7 heteroatoms. The predicted octanol–water partition coefficient (Wildman–Crippen LogP) is 6.00. The van der Waals surface area contributed by atoms with Crippen molar-refractivity contribution in [2.24, 2.45) is 0 Å². The van der Waals surface area contributed by atoms with E-state index in [1.165, 1.54) is 10.2 Å². The highest BCUT2D eigenvalue weighted by molar-refractivity contribution is 5.95. The summed E-state index contributed by atoms with van der Waals surface area (Å²) in [5, 5.41) is 8.52. The van der Waals surface area contributed by atoms with Crippen LogP contribution in [0, 0.1) is 13.8 Å². The Morgan fingerprint density at radius 2 is 1.59 bits per heavy atom. The topological polar surface area (TPSA) is 71.3 Å². The monoisotopic (exact) mass is 521 g/mol. The third-order valence-corrected chi connectivity index (χ3v) is 7.53. The van der Waals surface area contributed by atoms with Gasteiger partial charge in [-0.1, -0.05) is 59.8 Å². The van der Waals surface area contributed by atoms with Gasteiger partial charge in [0.25, 0.3) is 5.91 Å². The summed E-state index contributed by atoms with van der Waals surface area (Å²) in [6.45, 7) is 4.80. The van der Waals surface area contributed by atoms with E-state index in [9.17, 15) is 9.59 Å². The first-order valence-corrected chi connectivity index (χ1v) is 13.5. The third kappa shape index (κ3) is 5.62. The number of hydrogen-bond donors (Lipinski definition) is 0. The molecule has 1 fully saturated rings. The normalized spacial score (nSPS) is 15.3. The summed E-state index contributed by atoms with van der Waals surface area (Å²) < 4.78 is 1.38. The molecular weight excluding hydrogens is 486 g/mol. The Balaban J connectivity index is 1.33. The number of carbonyl (C=O) groups excluding carboxylic acids is 2. The molecule has 200 valence electrons. The number of benzene rings is 3. The van der Waals surface area contributed by atoms with Gasteiger partial charge in [0.05, 0.1) is 6.20 Å². The summed E-state index contributed by atoms with van der Waals surface area (Å²) in [4.78, 5) is 29.4. The number of aryl methyl sites for hydroxylation is 2. The van der Waals surface area contributed by atoms with Crippen molar-refractivity contribution >= 4 is 11.9 Å². The third-order valence-electron chi connectivity index (χ3n) is 7.53. The predicted molar refractivity (Wildman–Crippen MR) is 154 cm³/mol. The molecule has 0 bridgehead atoms. The number of aromatic nitrogens is 3. The van der Waals surface area contributed by atoms with Crippen molar-refractivity contribution in [3.63, 3.8) is 0 Å². The highest BCUT2D eigenvalue weighted by atomic mass is 16.2. The largest absolute Gasteiger partial charge is 0.346 e. The molecule has 0 saturated carbocycles. The fourth-order valence-corrected chi connectivity index (χ4v) is 5.58. The summed E-state index contributed by atoms with van der Waals surface area (Å²) in [5.41, 5.74) is 7.77. The summed E-state index contributed by atoms with van der Waals surface area (Å²) in [7, 11) is 3.53. The molecule has 1 aliphatic rings. The van der Waals surface area contributed by atoms with Crippen molar-refractivity contribution in [1.82, 2.24) is 24.8 Å². The van der Waals surface area contributed by atoms with Gasteiger partial charge in [-0.25, -0.2) is 4.79 Å². The maximum atomic E-state index is 13.4. The summed E-state index contributed by atoms with van der Waals surface area (Å²) in [5.74, 6) is -0.00308. The van der Waals surface area contributed by atoms with E-state index in [0.29, 0.717) is 11.3 Å². The lowest BCUT2D eigenvalue weighted by Gasteiger charge is -2.35. The molecule has 1 unspecified atom stereocenters. The Morgan fingerprint density at radius 1 is 0.923 bits per heavy atom. The minimum absolute atomic E-state index is 0.00308. The minimum atomic E-state index is -0.121. The Labute approximate surface area is 230 Å². The lowest BCUT2D eigenvalue weighted by atomic mass is 9.92. The van der Waals surface area contributed by atoms with Crippen LogP contribution in [0.1, 0.15) is 46.3 Å². The van der Waals surface area contributed by atoms with E-state index in [4.69, 9.17) is 0 Å². The second-order valence-electron chi connectivity index (χ2n) is 10.6. The van der Waals surface area contributed by atoms with Gasteiger partial charge in [0, 0.05) is 37.8 Å². The second-order valence-corrected chi connectivity index (χ2v) is 10.6. The van der Waals surface area contributed by atoms with Gasteiger partial charge in [-0.2, -0.15) is 4.68 Å². The van der Waals surface area contributed by atoms with E-state index in [-0.39, 0.29) is 18.0 Å². The van der Waals surface area contributed by atoms with Crippen molar-refractivity contribution < 1.29 is 9.59 Å². The van der Waals surface area contributed by atoms with Crippen LogP contribution < -0.4 is 0 Å². The van der Waals surface area contributed by atoms with Gasteiger partial charge in [-0.15, -0.1) is 5.10 Å². The van der Waals surface area contributed by atoms with Crippen molar-refractivity contribution in [2.45, 2.75) is 45.6 Å². The molecule has 7 nitrogen and oxygen atoms in total. The Morgan fingerprint density at radius 3 is 2.26 bits per heavy atom. The van der Waals surface area contributed by atoms with Gasteiger partial charge < -0.3 is 9.80 Å². The van der Waals surface area contributed by atoms with Gasteiger partial charge in [0.1, 0.15) is 5.69 Å². The molecular formula is C32H35N5O2. The zero-order chi connectivity index (χ0) is 27.5. The number of rotatable bonds is 5. The van der Waals surface area contributed by atoms with E-state index in [2.05, 4.69) is 34.6 Å². The average molecular weight is 522 g/mol. The Bertz CT molecular complexity index is 1450. The van der Waals surface area contributed by atoms with E-state index < -0.39 is 0 Å². The molecule has 3 aromatic carbocycles. The quantitative estimate of drug-likeness (QED) is 0.323. The highest BCUT2D eigenvalue weighted by Gasteiger charge is 2.28. The zero-order valence-corrected chi connectivity index (χ0v) is 23.1. The Hall–Kier alpha value is -4.26. The first-order valence-electron chi connectivity index (χ1n) is 13.5. The molecule has 0 radical (unpaired) electrons. The molecule has 0 aliphatic carbocycles. The maximum absolute atomic E-state index is 13.4. The minimum Gasteiger partial charge on any atom is -0.345 e. The van der Waals surface area contributed by atoms with Gasteiger partial charge in [-0.3, -0.25) is 4.79 Å².